The third-order valence-corrected chi connectivity index (χ3v) is 2.27. The first-order valence-electron chi connectivity index (χ1n) is 3.95. The minimum atomic E-state index is 0.232. The van der Waals surface area contributed by atoms with Crippen LogP contribution in [0.15, 0.2) is 18.2 Å². The van der Waals surface area contributed by atoms with Gasteiger partial charge in [-0.3, -0.25) is 0 Å². The van der Waals surface area contributed by atoms with Gasteiger partial charge >= 0.3 is 0 Å². The van der Waals surface area contributed by atoms with E-state index in [0.717, 1.165) is 6.61 Å². The minimum absolute atomic E-state index is 0.232. The van der Waals surface area contributed by atoms with Crippen LogP contribution in [0, 0.1) is 0 Å². The number of ether oxygens (including phenoxy) is 2. The van der Waals surface area contributed by atoms with Crippen molar-refractivity contribution in [2.45, 2.75) is 6.10 Å². The van der Waals surface area contributed by atoms with Crippen LogP contribution in [-0.2, 0) is 4.74 Å². The number of benzene rings is 1. The molecule has 1 atom stereocenters. The second kappa shape index (κ2) is 3.74. The fraction of sp³-hybridized carbons (Fsp3) is 0.333. The summed E-state index contributed by atoms with van der Waals surface area (Å²) in [6, 6.07) is 5.14. The third-order valence-electron chi connectivity index (χ3n) is 1.72. The molecular weight excluding hydrogens is 211 g/mol. The van der Waals surface area contributed by atoms with Gasteiger partial charge in [-0.2, -0.15) is 0 Å². The van der Waals surface area contributed by atoms with E-state index in [0.29, 0.717) is 22.4 Å². The summed E-state index contributed by atoms with van der Waals surface area (Å²) in [5.41, 5.74) is 0. The van der Waals surface area contributed by atoms with E-state index >= 15 is 0 Å². The van der Waals surface area contributed by atoms with Gasteiger partial charge in [0.15, 0.2) is 0 Å². The molecule has 1 aliphatic rings. The zero-order valence-electron chi connectivity index (χ0n) is 6.80. The number of hydrogen-bond acceptors (Lipinski definition) is 2. The maximum absolute atomic E-state index is 5.88. The molecule has 0 radical (unpaired) electrons. The molecule has 2 nitrogen and oxygen atoms in total. The SMILES string of the molecule is Clc1ccc(Cl)c(OCC2CO2)c1. The first-order chi connectivity index (χ1) is 6.25. The van der Waals surface area contributed by atoms with E-state index in [1.807, 2.05) is 0 Å². The summed E-state index contributed by atoms with van der Waals surface area (Å²) in [4.78, 5) is 0. The van der Waals surface area contributed by atoms with Crippen molar-refractivity contribution in [3.63, 3.8) is 0 Å². The lowest BCUT2D eigenvalue weighted by molar-refractivity contribution is 0.263. The molecule has 1 aliphatic heterocycles. The van der Waals surface area contributed by atoms with Crippen LogP contribution in [0.1, 0.15) is 0 Å². The predicted octanol–water partition coefficient (Wildman–Crippen LogP) is 2.77. The highest BCUT2D eigenvalue weighted by Crippen LogP contribution is 2.28. The van der Waals surface area contributed by atoms with Crippen LogP contribution in [0.4, 0.5) is 0 Å². The molecular formula is C9H8Cl2O2. The van der Waals surface area contributed by atoms with E-state index < -0.39 is 0 Å². The van der Waals surface area contributed by atoms with E-state index in [-0.39, 0.29) is 6.10 Å². The van der Waals surface area contributed by atoms with Gasteiger partial charge in [0, 0.05) is 11.1 Å². The molecule has 1 aromatic carbocycles. The maximum atomic E-state index is 5.88. The minimum Gasteiger partial charge on any atom is -0.489 e. The van der Waals surface area contributed by atoms with E-state index in [1.165, 1.54) is 0 Å². The van der Waals surface area contributed by atoms with E-state index in [4.69, 9.17) is 32.7 Å². The molecule has 1 aromatic rings. The second-order valence-electron chi connectivity index (χ2n) is 2.84. The monoisotopic (exact) mass is 218 g/mol. The average Bonchev–Trinajstić information content (AvgIpc) is 2.90. The number of rotatable bonds is 3. The topological polar surface area (TPSA) is 21.8 Å². The molecule has 1 unspecified atom stereocenters. The van der Waals surface area contributed by atoms with Crippen molar-refractivity contribution in [2.24, 2.45) is 0 Å². The molecule has 0 aromatic heterocycles. The fourth-order valence-corrected chi connectivity index (χ4v) is 1.27. The van der Waals surface area contributed by atoms with Gasteiger partial charge in [0.2, 0.25) is 0 Å². The Labute approximate surface area is 86.4 Å². The van der Waals surface area contributed by atoms with Gasteiger partial charge in [0.25, 0.3) is 0 Å². The first kappa shape index (κ1) is 9.13. The molecule has 0 spiro atoms. The molecule has 1 saturated heterocycles. The summed E-state index contributed by atoms with van der Waals surface area (Å²) in [5.74, 6) is 0.615. The molecule has 1 heterocycles. The highest BCUT2D eigenvalue weighted by molar-refractivity contribution is 6.34. The standard InChI is InChI=1S/C9H8Cl2O2/c10-6-1-2-8(11)9(3-6)13-5-7-4-12-7/h1-3,7H,4-5H2. The summed E-state index contributed by atoms with van der Waals surface area (Å²) in [6.07, 6.45) is 0.232. The Morgan fingerprint density at radius 1 is 1.46 bits per heavy atom. The Kier molecular flexibility index (Phi) is 2.63. The van der Waals surface area contributed by atoms with Crippen LogP contribution >= 0.6 is 23.2 Å². The quantitative estimate of drug-likeness (QED) is 0.729. The Balaban J connectivity index is 2.03. The molecule has 70 valence electrons. The summed E-state index contributed by atoms with van der Waals surface area (Å²) < 4.78 is 10.4. The molecule has 0 aliphatic carbocycles. The Morgan fingerprint density at radius 2 is 2.23 bits per heavy atom. The summed E-state index contributed by atoms with van der Waals surface area (Å²) in [5, 5.41) is 1.20. The molecule has 13 heavy (non-hydrogen) atoms. The van der Waals surface area contributed by atoms with Gasteiger partial charge in [0.1, 0.15) is 18.5 Å². The Bertz CT molecular complexity index is 310. The normalized spacial score (nSPS) is 20.0. The van der Waals surface area contributed by atoms with E-state index in [9.17, 15) is 0 Å². The first-order valence-corrected chi connectivity index (χ1v) is 4.71. The van der Waals surface area contributed by atoms with Crippen LogP contribution in [0.25, 0.3) is 0 Å². The van der Waals surface area contributed by atoms with Crippen LogP contribution < -0.4 is 4.74 Å². The lowest BCUT2D eigenvalue weighted by Gasteiger charge is -2.05. The molecule has 4 heteroatoms. The molecule has 1 fully saturated rings. The Hall–Kier alpha value is -0.440. The number of halogens is 2. The molecule has 0 amide bonds. The summed E-state index contributed by atoms with van der Waals surface area (Å²) >= 11 is 11.7. The third kappa shape index (κ3) is 2.50. The van der Waals surface area contributed by atoms with Gasteiger partial charge in [-0.05, 0) is 12.1 Å². The fourth-order valence-electron chi connectivity index (χ4n) is 0.935. The molecule has 0 saturated carbocycles. The highest BCUT2D eigenvalue weighted by atomic mass is 35.5. The van der Waals surface area contributed by atoms with E-state index in [2.05, 4.69) is 0 Å². The zero-order valence-corrected chi connectivity index (χ0v) is 8.31. The lowest BCUT2D eigenvalue weighted by atomic mass is 10.3. The van der Waals surface area contributed by atoms with Crippen LogP contribution in [-0.4, -0.2) is 19.3 Å². The van der Waals surface area contributed by atoms with Crippen LogP contribution in [0.3, 0.4) is 0 Å². The van der Waals surface area contributed by atoms with Crippen molar-refractivity contribution in [1.29, 1.82) is 0 Å². The maximum Gasteiger partial charge on any atom is 0.139 e. The lowest BCUT2D eigenvalue weighted by Crippen LogP contribution is -2.04. The number of epoxide rings is 1. The zero-order chi connectivity index (χ0) is 9.26. The van der Waals surface area contributed by atoms with Gasteiger partial charge in [0.05, 0.1) is 11.6 Å². The van der Waals surface area contributed by atoms with Crippen molar-refractivity contribution >= 4 is 23.2 Å². The van der Waals surface area contributed by atoms with Crippen molar-refractivity contribution in [3.05, 3.63) is 28.2 Å². The Morgan fingerprint density at radius 3 is 2.92 bits per heavy atom. The van der Waals surface area contributed by atoms with Crippen molar-refractivity contribution < 1.29 is 9.47 Å². The summed E-state index contributed by atoms with van der Waals surface area (Å²) in [6.45, 7) is 1.32. The van der Waals surface area contributed by atoms with Crippen LogP contribution in [0.5, 0.6) is 5.75 Å². The highest BCUT2D eigenvalue weighted by Gasteiger charge is 2.23. The van der Waals surface area contributed by atoms with Crippen molar-refractivity contribution in [3.8, 4) is 5.75 Å². The van der Waals surface area contributed by atoms with E-state index in [1.54, 1.807) is 18.2 Å². The predicted molar refractivity (Wildman–Crippen MR) is 51.7 cm³/mol. The van der Waals surface area contributed by atoms with Crippen molar-refractivity contribution in [1.82, 2.24) is 0 Å². The molecule has 0 N–H and O–H groups in total. The van der Waals surface area contributed by atoms with Gasteiger partial charge in [-0.15, -0.1) is 0 Å². The molecule has 0 bridgehead atoms. The largest absolute Gasteiger partial charge is 0.489 e. The summed E-state index contributed by atoms with van der Waals surface area (Å²) in [7, 11) is 0. The average molecular weight is 219 g/mol. The molecule has 2 rings (SSSR count). The smallest absolute Gasteiger partial charge is 0.139 e. The van der Waals surface area contributed by atoms with Crippen LogP contribution in [0.2, 0.25) is 10.0 Å². The van der Waals surface area contributed by atoms with Gasteiger partial charge in [-0.25, -0.2) is 0 Å². The van der Waals surface area contributed by atoms with Gasteiger partial charge < -0.3 is 9.47 Å². The van der Waals surface area contributed by atoms with Crippen molar-refractivity contribution in [2.75, 3.05) is 13.2 Å². The second-order valence-corrected chi connectivity index (χ2v) is 3.68. The van der Waals surface area contributed by atoms with Gasteiger partial charge in [-0.1, -0.05) is 23.2 Å². The number of hydrogen-bond donors (Lipinski definition) is 0.